The van der Waals surface area contributed by atoms with E-state index in [2.05, 4.69) is 10.6 Å². The molecule has 8 heteroatoms. The number of aryl methyl sites for hydroxylation is 1. The Morgan fingerprint density at radius 2 is 1.82 bits per heavy atom. The number of rotatable bonds is 7. The third-order valence-corrected chi connectivity index (χ3v) is 3.91. The normalized spacial score (nSPS) is 11.2. The minimum atomic E-state index is -1.30. The number of carbonyl (C=O) groups excluding carboxylic acids is 3. The summed E-state index contributed by atoms with van der Waals surface area (Å²) in [6.45, 7) is 3.48. The van der Waals surface area contributed by atoms with Crippen molar-refractivity contribution in [1.29, 1.82) is 0 Å². The van der Waals surface area contributed by atoms with Gasteiger partial charge in [-0.25, -0.2) is 9.59 Å². The van der Waals surface area contributed by atoms with Crippen molar-refractivity contribution in [3.05, 3.63) is 64.7 Å². The quantitative estimate of drug-likeness (QED) is 0.691. The highest BCUT2D eigenvalue weighted by atomic mass is 35.5. The predicted octanol–water partition coefficient (Wildman–Crippen LogP) is 3.16. The molecule has 0 unspecified atom stereocenters. The van der Waals surface area contributed by atoms with Crippen LogP contribution in [0.25, 0.3) is 0 Å². The molecule has 148 valence electrons. The molecular formula is C20H21ClN2O5. The number of amides is 3. The summed E-state index contributed by atoms with van der Waals surface area (Å²) in [6, 6.07) is 12.9. The molecule has 2 aromatic carbocycles. The van der Waals surface area contributed by atoms with E-state index in [1.54, 1.807) is 49.4 Å². The van der Waals surface area contributed by atoms with Crippen LogP contribution in [0, 0.1) is 6.92 Å². The lowest BCUT2D eigenvalue weighted by atomic mass is 10.1. The SMILES string of the molecule is CCNC(=O)NC(=O)[C@H](OC(=O)COc1cc(C)ccc1Cl)c1ccccc1. The predicted molar refractivity (Wildman–Crippen MR) is 104 cm³/mol. The van der Waals surface area contributed by atoms with E-state index in [-0.39, 0.29) is 0 Å². The third kappa shape index (κ3) is 6.28. The van der Waals surface area contributed by atoms with Crippen molar-refractivity contribution in [2.24, 2.45) is 0 Å². The number of esters is 1. The molecule has 0 aromatic heterocycles. The van der Waals surface area contributed by atoms with Gasteiger partial charge in [0.25, 0.3) is 5.91 Å². The molecule has 0 aliphatic rings. The van der Waals surface area contributed by atoms with Gasteiger partial charge in [0.1, 0.15) is 5.75 Å². The van der Waals surface area contributed by atoms with Crippen molar-refractivity contribution in [2.75, 3.05) is 13.2 Å². The summed E-state index contributed by atoms with van der Waals surface area (Å²) < 4.78 is 10.7. The van der Waals surface area contributed by atoms with Gasteiger partial charge in [-0.3, -0.25) is 10.1 Å². The lowest BCUT2D eigenvalue weighted by molar-refractivity contribution is -0.158. The maximum Gasteiger partial charge on any atom is 0.345 e. The first-order valence-electron chi connectivity index (χ1n) is 8.62. The first-order valence-corrected chi connectivity index (χ1v) is 9.00. The van der Waals surface area contributed by atoms with E-state index in [1.807, 2.05) is 13.0 Å². The molecule has 2 rings (SSSR count). The first kappa shape index (κ1) is 21.2. The Labute approximate surface area is 168 Å². The van der Waals surface area contributed by atoms with Crippen molar-refractivity contribution >= 4 is 29.5 Å². The van der Waals surface area contributed by atoms with Crippen LogP contribution in [0.2, 0.25) is 5.02 Å². The Bertz CT molecular complexity index is 842. The van der Waals surface area contributed by atoms with E-state index >= 15 is 0 Å². The zero-order chi connectivity index (χ0) is 20.5. The average molecular weight is 405 g/mol. The Kier molecular flexibility index (Phi) is 7.83. The highest BCUT2D eigenvalue weighted by molar-refractivity contribution is 6.32. The van der Waals surface area contributed by atoms with Crippen LogP contribution in [0.4, 0.5) is 4.79 Å². The number of benzene rings is 2. The smallest absolute Gasteiger partial charge is 0.345 e. The van der Waals surface area contributed by atoms with Gasteiger partial charge in [0.2, 0.25) is 6.10 Å². The third-order valence-electron chi connectivity index (χ3n) is 3.60. The first-order chi connectivity index (χ1) is 13.4. The van der Waals surface area contributed by atoms with Crippen LogP contribution in [0.15, 0.2) is 48.5 Å². The van der Waals surface area contributed by atoms with Crippen LogP contribution in [-0.4, -0.2) is 31.1 Å². The Morgan fingerprint density at radius 1 is 1.11 bits per heavy atom. The summed E-state index contributed by atoms with van der Waals surface area (Å²) in [5, 5.41) is 4.94. The summed E-state index contributed by atoms with van der Waals surface area (Å²) in [5.74, 6) is -1.21. The van der Waals surface area contributed by atoms with Gasteiger partial charge in [0.15, 0.2) is 6.61 Å². The van der Waals surface area contributed by atoms with Crippen molar-refractivity contribution in [3.63, 3.8) is 0 Å². The van der Waals surface area contributed by atoms with Crippen LogP contribution in [0.3, 0.4) is 0 Å². The maximum absolute atomic E-state index is 12.4. The molecule has 0 bridgehead atoms. The van der Waals surface area contributed by atoms with Crippen LogP contribution in [0.1, 0.15) is 24.2 Å². The molecule has 0 fully saturated rings. The van der Waals surface area contributed by atoms with Gasteiger partial charge in [-0.05, 0) is 31.5 Å². The fourth-order valence-corrected chi connectivity index (χ4v) is 2.48. The molecule has 7 nitrogen and oxygen atoms in total. The van der Waals surface area contributed by atoms with Gasteiger partial charge in [0, 0.05) is 12.1 Å². The van der Waals surface area contributed by atoms with Crippen molar-refractivity contribution in [3.8, 4) is 5.75 Å². The molecule has 0 saturated heterocycles. The Balaban J connectivity index is 2.06. The summed E-state index contributed by atoms with van der Waals surface area (Å²) >= 11 is 6.03. The molecule has 2 N–H and O–H groups in total. The van der Waals surface area contributed by atoms with Crippen LogP contribution < -0.4 is 15.4 Å². The zero-order valence-corrected chi connectivity index (χ0v) is 16.3. The largest absolute Gasteiger partial charge is 0.480 e. The molecule has 0 aliphatic heterocycles. The van der Waals surface area contributed by atoms with E-state index in [9.17, 15) is 14.4 Å². The fraction of sp³-hybridized carbons (Fsp3) is 0.250. The summed E-state index contributed by atoms with van der Waals surface area (Å²) in [5.41, 5.74) is 1.34. The maximum atomic E-state index is 12.4. The zero-order valence-electron chi connectivity index (χ0n) is 15.5. The highest BCUT2D eigenvalue weighted by Crippen LogP contribution is 2.25. The highest BCUT2D eigenvalue weighted by Gasteiger charge is 2.26. The number of imide groups is 1. The van der Waals surface area contributed by atoms with Gasteiger partial charge in [-0.2, -0.15) is 0 Å². The number of nitrogens with one attached hydrogen (secondary N) is 2. The summed E-state index contributed by atoms with van der Waals surface area (Å²) in [7, 11) is 0. The topological polar surface area (TPSA) is 93.7 Å². The number of hydrogen-bond donors (Lipinski definition) is 2. The van der Waals surface area contributed by atoms with E-state index < -0.39 is 30.6 Å². The molecule has 28 heavy (non-hydrogen) atoms. The number of ether oxygens (including phenoxy) is 2. The lowest BCUT2D eigenvalue weighted by Gasteiger charge is -2.18. The standard InChI is InChI=1S/C20H21ClN2O5/c1-3-22-20(26)23-19(25)18(14-7-5-4-6-8-14)28-17(24)12-27-16-11-13(2)9-10-15(16)21/h4-11,18H,3,12H2,1-2H3,(H2,22,23,25,26)/t18-/m1/s1. The number of hydrogen-bond acceptors (Lipinski definition) is 5. The average Bonchev–Trinajstić information content (AvgIpc) is 2.67. The second-order valence-electron chi connectivity index (χ2n) is 5.85. The molecule has 0 aliphatic carbocycles. The van der Waals surface area contributed by atoms with Crippen LogP contribution >= 0.6 is 11.6 Å². The van der Waals surface area contributed by atoms with Gasteiger partial charge in [-0.1, -0.05) is 48.0 Å². The van der Waals surface area contributed by atoms with E-state index in [0.29, 0.717) is 22.9 Å². The Morgan fingerprint density at radius 3 is 2.50 bits per heavy atom. The monoisotopic (exact) mass is 404 g/mol. The number of halogens is 1. The van der Waals surface area contributed by atoms with Gasteiger partial charge in [-0.15, -0.1) is 0 Å². The summed E-state index contributed by atoms with van der Waals surface area (Å²) in [4.78, 5) is 36.3. The van der Waals surface area contributed by atoms with E-state index in [4.69, 9.17) is 21.1 Å². The molecule has 0 saturated carbocycles. The van der Waals surface area contributed by atoms with E-state index in [0.717, 1.165) is 5.56 Å². The minimum Gasteiger partial charge on any atom is -0.480 e. The molecular weight excluding hydrogens is 384 g/mol. The van der Waals surface area contributed by atoms with Crippen molar-refractivity contribution < 1.29 is 23.9 Å². The van der Waals surface area contributed by atoms with Gasteiger partial charge >= 0.3 is 12.0 Å². The van der Waals surface area contributed by atoms with E-state index in [1.165, 1.54) is 0 Å². The van der Waals surface area contributed by atoms with Gasteiger partial charge in [0.05, 0.1) is 5.02 Å². The number of urea groups is 1. The van der Waals surface area contributed by atoms with Crippen molar-refractivity contribution in [2.45, 2.75) is 20.0 Å². The Hall–Kier alpha value is -3.06. The second-order valence-corrected chi connectivity index (χ2v) is 6.26. The van der Waals surface area contributed by atoms with Gasteiger partial charge < -0.3 is 14.8 Å². The molecule has 0 spiro atoms. The molecule has 0 heterocycles. The fourth-order valence-electron chi connectivity index (χ4n) is 2.31. The van der Waals surface area contributed by atoms with Crippen LogP contribution in [0.5, 0.6) is 5.75 Å². The second kappa shape index (κ2) is 10.3. The minimum absolute atomic E-state index is 0.335. The van der Waals surface area contributed by atoms with Crippen LogP contribution in [-0.2, 0) is 14.3 Å². The molecule has 0 radical (unpaired) electrons. The molecule has 3 amide bonds. The lowest BCUT2D eigenvalue weighted by Crippen LogP contribution is -2.42. The van der Waals surface area contributed by atoms with Crippen molar-refractivity contribution in [1.82, 2.24) is 10.6 Å². The number of carbonyl (C=O) groups is 3. The molecule has 2 aromatic rings. The summed E-state index contributed by atoms with van der Waals surface area (Å²) in [6.07, 6.45) is -1.30. The molecule has 1 atom stereocenters.